The second kappa shape index (κ2) is 17.9. The van der Waals surface area contributed by atoms with Crippen molar-refractivity contribution in [2.75, 3.05) is 45.9 Å². The molecule has 0 saturated carbocycles. The van der Waals surface area contributed by atoms with Crippen molar-refractivity contribution in [2.45, 2.75) is 77.7 Å². The van der Waals surface area contributed by atoms with E-state index in [1.165, 1.54) is 11.6 Å². The van der Waals surface area contributed by atoms with Gasteiger partial charge in [0.15, 0.2) is 5.82 Å². The number of benzene rings is 2. The fraction of sp³-hybridized carbons (Fsp3) is 0.487. The first kappa shape index (κ1) is 38.2. The average molecular weight is 715 g/mol. The summed E-state index contributed by atoms with van der Waals surface area (Å²) in [5.41, 5.74) is 1.30. The van der Waals surface area contributed by atoms with Crippen molar-refractivity contribution in [3.8, 4) is 17.3 Å². The number of esters is 1. The molecule has 1 atom stereocenters. The van der Waals surface area contributed by atoms with Gasteiger partial charge in [-0.05, 0) is 52.5 Å². The molecule has 3 heterocycles. The first-order valence-corrected chi connectivity index (χ1v) is 18.1. The summed E-state index contributed by atoms with van der Waals surface area (Å²) in [6.45, 7) is 11.0. The molecule has 3 aromatic rings. The molecule has 0 aliphatic carbocycles. The molecule has 2 fully saturated rings. The molecular weight excluding hydrogens is 664 g/mol. The molecule has 2 aromatic carbocycles. The third-order valence-electron chi connectivity index (χ3n) is 8.82. The predicted octanol–water partition coefficient (Wildman–Crippen LogP) is 4.71. The van der Waals surface area contributed by atoms with Crippen LogP contribution in [0.1, 0.15) is 69.4 Å². The molecule has 13 heteroatoms. The van der Waals surface area contributed by atoms with Crippen LogP contribution in [0, 0.1) is 0 Å². The van der Waals surface area contributed by atoms with Gasteiger partial charge in [0, 0.05) is 63.9 Å². The lowest BCUT2D eigenvalue weighted by molar-refractivity contribution is -0.155. The van der Waals surface area contributed by atoms with E-state index in [0.29, 0.717) is 11.4 Å². The molecule has 2 saturated heterocycles. The second-order valence-electron chi connectivity index (χ2n) is 14.0. The summed E-state index contributed by atoms with van der Waals surface area (Å²) in [6, 6.07) is 20.1. The van der Waals surface area contributed by atoms with E-state index in [1.54, 1.807) is 37.5 Å². The number of piperazine rings is 1. The Morgan fingerprint density at radius 3 is 2.13 bits per heavy atom. The second-order valence-corrected chi connectivity index (χ2v) is 14.0. The molecule has 1 N–H and O–H groups in total. The summed E-state index contributed by atoms with van der Waals surface area (Å²) < 4.78 is 17.0. The monoisotopic (exact) mass is 714 g/mol. The number of carbonyl (C=O) groups is 4. The van der Waals surface area contributed by atoms with Crippen molar-refractivity contribution in [1.29, 1.82) is 0 Å². The topological polar surface area (TPSA) is 144 Å². The highest BCUT2D eigenvalue weighted by Gasteiger charge is 2.32. The lowest BCUT2D eigenvalue weighted by atomic mass is 10.1. The van der Waals surface area contributed by atoms with E-state index < -0.39 is 29.6 Å². The summed E-state index contributed by atoms with van der Waals surface area (Å²) in [5, 5.41) is 2.85. The summed E-state index contributed by atoms with van der Waals surface area (Å²) >= 11 is 0. The number of likely N-dealkylation sites (tertiary alicyclic amines) is 1. The Bertz CT molecular complexity index is 1650. The summed E-state index contributed by atoms with van der Waals surface area (Å²) in [7, 11) is 0. The molecule has 0 radical (unpaired) electrons. The molecule has 13 nitrogen and oxygen atoms in total. The van der Waals surface area contributed by atoms with Gasteiger partial charge in [0.05, 0.1) is 6.61 Å². The quantitative estimate of drug-likeness (QED) is 0.262. The zero-order valence-electron chi connectivity index (χ0n) is 30.6. The molecule has 3 amide bonds. The molecule has 1 aromatic heterocycles. The van der Waals surface area contributed by atoms with Crippen molar-refractivity contribution < 1.29 is 33.4 Å². The number of rotatable bonds is 12. The van der Waals surface area contributed by atoms with Crippen LogP contribution in [0.25, 0.3) is 11.4 Å². The van der Waals surface area contributed by atoms with Crippen molar-refractivity contribution in [1.82, 2.24) is 30.0 Å². The Hall–Kier alpha value is -5.04. The van der Waals surface area contributed by atoms with Crippen molar-refractivity contribution in [3.63, 3.8) is 0 Å². The maximum absolute atomic E-state index is 14.0. The molecule has 2 aliphatic rings. The third-order valence-corrected chi connectivity index (χ3v) is 8.82. The average Bonchev–Trinajstić information content (AvgIpc) is 3.14. The van der Waals surface area contributed by atoms with Crippen LogP contribution in [0.2, 0.25) is 0 Å². The standard InChI is InChI=1S/C39H50N6O7/c1-5-50-38(49)45-24-22-44(23-25-45)37(48)31(16-17-34(46)52-39(2,3)4)41-36(47)32-26-33(42-35(40-32)29-14-10-7-11-15-29)51-30-18-20-43(21-19-30)27-28-12-8-6-9-13-28/h6-15,26,30-31H,5,16-25,27H2,1-4H3,(H,41,47)/t31-/m0/s1. The van der Waals surface area contributed by atoms with Crippen molar-refractivity contribution >= 4 is 23.9 Å². The van der Waals surface area contributed by atoms with Gasteiger partial charge in [-0.2, -0.15) is 4.98 Å². The highest BCUT2D eigenvalue weighted by Crippen LogP contribution is 2.24. The normalized spacial score (nSPS) is 16.2. The highest BCUT2D eigenvalue weighted by atomic mass is 16.6. The Labute approximate surface area is 305 Å². The highest BCUT2D eigenvalue weighted by molar-refractivity contribution is 5.97. The number of nitrogens with zero attached hydrogens (tertiary/aromatic N) is 5. The number of nitrogens with one attached hydrogen (secondary N) is 1. The summed E-state index contributed by atoms with van der Waals surface area (Å²) in [4.78, 5) is 67.6. The van der Waals surface area contributed by atoms with E-state index in [4.69, 9.17) is 14.2 Å². The Morgan fingerprint density at radius 2 is 1.50 bits per heavy atom. The molecule has 0 spiro atoms. The van der Waals surface area contributed by atoms with Gasteiger partial charge in [0.2, 0.25) is 11.8 Å². The van der Waals surface area contributed by atoms with Crippen LogP contribution in [-0.2, 0) is 25.6 Å². The Kier molecular flexibility index (Phi) is 13.2. The predicted molar refractivity (Wildman–Crippen MR) is 194 cm³/mol. The summed E-state index contributed by atoms with van der Waals surface area (Å²) in [5.74, 6) is -0.861. The number of piperidine rings is 1. The lowest BCUT2D eigenvalue weighted by Gasteiger charge is -2.36. The zero-order chi connectivity index (χ0) is 37.1. The lowest BCUT2D eigenvalue weighted by Crippen LogP contribution is -2.56. The fourth-order valence-corrected chi connectivity index (χ4v) is 6.20. The number of ether oxygens (including phenoxy) is 3. The molecule has 278 valence electrons. The SMILES string of the molecule is CCOC(=O)N1CCN(C(=O)[C@H](CCC(=O)OC(C)(C)C)NC(=O)c2cc(OC3CCN(Cc4ccccc4)CC3)nc(-c3ccccc3)n2)CC1. The van der Waals surface area contributed by atoms with Gasteiger partial charge in [-0.1, -0.05) is 60.7 Å². The third kappa shape index (κ3) is 11.2. The van der Waals surface area contributed by atoms with Gasteiger partial charge in [0.1, 0.15) is 23.4 Å². The minimum absolute atomic E-state index is 0.0130. The minimum atomic E-state index is -1.05. The van der Waals surface area contributed by atoms with E-state index in [1.807, 2.05) is 48.5 Å². The van der Waals surface area contributed by atoms with Crippen LogP contribution in [0.5, 0.6) is 5.88 Å². The van der Waals surface area contributed by atoms with Gasteiger partial charge in [0.25, 0.3) is 5.91 Å². The minimum Gasteiger partial charge on any atom is -0.474 e. The molecule has 52 heavy (non-hydrogen) atoms. The number of carbonyl (C=O) groups excluding carboxylic acids is 4. The molecule has 0 bridgehead atoms. The first-order valence-electron chi connectivity index (χ1n) is 18.1. The molecular formula is C39H50N6O7. The van der Waals surface area contributed by atoms with E-state index in [9.17, 15) is 19.2 Å². The summed E-state index contributed by atoms with van der Waals surface area (Å²) in [6.07, 6.45) is 0.982. The first-order chi connectivity index (χ1) is 25.0. The molecule has 0 unspecified atom stereocenters. The van der Waals surface area contributed by atoms with E-state index in [2.05, 4.69) is 32.3 Å². The maximum atomic E-state index is 14.0. The van der Waals surface area contributed by atoms with Gasteiger partial charge >= 0.3 is 12.1 Å². The Morgan fingerprint density at radius 1 is 0.865 bits per heavy atom. The number of aromatic nitrogens is 2. The van der Waals surface area contributed by atoms with Crippen LogP contribution in [0.4, 0.5) is 4.79 Å². The van der Waals surface area contributed by atoms with Crippen LogP contribution < -0.4 is 10.1 Å². The van der Waals surface area contributed by atoms with E-state index >= 15 is 0 Å². The van der Waals surface area contributed by atoms with Crippen molar-refractivity contribution in [3.05, 3.63) is 78.0 Å². The van der Waals surface area contributed by atoms with Gasteiger partial charge in [-0.25, -0.2) is 9.78 Å². The zero-order valence-corrected chi connectivity index (χ0v) is 30.6. The number of amides is 3. The smallest absolute Gasteiger partial charge is 0.409 e. The molecule has 5 rings (SSSR count). The fourth-order valence-electron chi connectivity index (χ4n) is 6.20. The van der Waals surface area contributed by atoms with E-state index in [0.717, 1.165) is 32.5 Å². The van der Waals surface area contributed by atoms with Crippen LogP contribution in [0.15, 0.2) is 66.7 Å². The number of hydrogen-bond donors (Lipinski definition) is 1. The largest absolute Gasteiger partial charge is 0.474 e. The maximum Gasteiger partial charge on any atom is 0.409 e. The van der Waals surface area contributed by atoms with Gasteiger partial charge in [-0.15, -0.1) is 0 Å². The van der Waals surface area contributed by atoms with Crippen LogP contribution in [-0.4, -0.2) is 112 Å². The van der Waals surface area contributed by atoms with Crippen LogP contribution >= 0.6 is 0 Å². The van der Waals surface area contributed by atoms with Gasteiger partial charge < -0.3 is 29.3 Å². The van der Waals surface area contributed by atoms with Crippen molar-refractivity contribution in [2.24, 2.45) is 0 Å². The Balaban J connectivity index is 1.31. The number of hydrogen-bond acceptors (Lipinski definition) is 10. The molecule has 2 aliphatic heterocycles. The van der Waals surface area contributed by atoms with E-state index in [-0.39, 0.29) is 69.2 Å². The van der Waals surface area contributed by atoms with Crippen LogP contribution in [0.3, 0.4) is 0 Å². The van der Waals surface area contributed by atoms with Gasteiger partial charge in [-0.3, -0.25) is 19.3 Å².